The van der Waals surface area contributed by atoms with Gasteiger partial charge in [-0.25, -0.2) is 4.98 Å². The van der Waals surface area contributed by atoms with Crippen molar-refractivity contribution >= 4 is 16.5 Å². The highest BCUT2D eigenvalue weighted by Gasteiger charge is 2.12. The molecule has 0 spiro atoms. The number of hydrogen-bond donors (Lipinski definition) is 1. The van der Waals surface area contributed by atoms with E-state index in [1.165, 1.54) is 0 Å². The van der Waals surface area contributed by atoms with Gasteiger partial charge in [-0.1, -0.05) is 18.2 Å². The van der Waals surface area contributed by atoms with E-state index in [4.69, 9.17) is 18.7 Å². The van der Waals surface area contributed by atoms with Crippen molar-refractivity contribution in [1.82, 2.24) is 4.98 Å². The molecule has 0 fully saturated rings. The minimum atomic E-state index is 0.302. The van der Waals surface area contributed by atoms with Gasteiger partial charge in [0.05, 0.1) is 6.26 Å². The molecule has 2 heterocycles. The summed E-state index contributed by atoms with van der Waals surface area (Å²) in [5, 5.41) is 10.1. The largest absolute Gasteiger partial charge is 0.515 e. The molecule has 0 saturated heterocycles. The quantitative estimate of drug-likeness (QED) is 0.449. The molecule has 2 aromatic carbocycles. The van der Waals surface area contributed by atoms with Crippen LogP contribution in [0.1, 0.15) is 24.1 Å². The Hall–Kier alpha value is -3.47. The van der Waals surface area contributed by atoms with Crippen LogP contribution in [0.2, 0.25) is 0 Å². The minimum Gasteiger partial charge on any atom is -0.515 e. The number of benzene rings is 2. The van der Waals surface area contributed by atoms with E-state index in [0.29, 0.717) is 35.2 Å². The van der Waals surface area contributed by atoms with Gasteiger partial charge in [0.15, 0.2) is 0 Å². The summed E-state index contributed by atoms with van der Waals surface area (Å²) in [5.74, 6) is 2.63. The first kappa shape index (κ1) is 17.0. The maximum atomic E-state index is 9.13. The van der Waals surface area contributed by atoms with Crippen LogP contribution in [0, 0.1) is 6.92 Å². The van der Waals surface area contributed by atoms with Crippen LogP contribution in [0.25, 0.3) is 28.0 Å². The third kappa shape index (κ3) is 3.44. The number of aromatic nitrogens is 1. The lowest BCUT2D eigenvalue weighted by atomic mass is 10.2. The summed E-state index contributed by atoms with van der Waals surface area (Å²) in [4.78, 5) is 4.55. The number of rotatable bonds is 5. The zero-order valence-electron chi connectivity index (χ0n) is 15.1. The molecule has 0 amide bonds. The summed E-state index contributed by atoms with van der Waals surface area (Å²) in [6, 6.07) is 17.3. The molecule has 0 bridgehead atoms. The Kier molecular flexibility index (Phi) is 4.42. The molecule has 0 aliphatic heterocycles. The molecule has 1 N–H and O–H groups in total. The van der Waals surface area contributed by atoms with Crippen LogP contribution in [0.4, 0.5) is 0 Å². The van der Waals surface area contributed by atoms with E-state index in [1.54, 1.807) is 6.92 Å². The van der Waals surface area contributed by atoms with Crippen molar-refractivity contribution in [3.05, 3.63) is 78.1 Å². The van der Waals surface area contributed by atoms with Gasteiger partial charge < -0.3 is 18.7 Å². The zero-order chi connectivity index (χ0) is 18.8. The van der Waals surface area contributed by atoms with Gasteiger partial charge >= 0.3 is 0 Å². The first-order chi connectivity index (χ1) is 13.1. The summed E-state index contributed by atoms with van der Waals surface area (Å²) in [5.41, 5.74) is 3.06. The van der Waals surface area contributed by atoms with Crippen molar-refractivity contribution in [1.29, 1.82) is 0 Å². The molecular weight excluding hydrogens is 342 g/mol. The Morgan fingerprint density at radius 1 is 1.11 bits per heavy atom. The molecule has 0 radical (unpaired) electrons. The molecule has 0 aliphatic rings. The van der Waals surface area contributed by atoms with Gasteiger partial charge in [-0.3, -0.25) is 0 Å². The molecule has 4 aromatic rings. The SMILES string of the molecule is CC(=CO)c1cc2ccc(OCc3nc(-c4ccccc4)oc3C)cc2o1. The molecule has 27 heavy (non-hydrogen) atoms. The van der Waals surface area contributed by atoms with Crippen LogP contribution in [-0.2, 0) is 6.61 Å². The van der Waals surface area contributed by atoms with E-state index in [0.717, 1.165) is 28.7 Å². The van der Waals surface area contributed by atoms with Crippen molar-refractivity contribution in [2.24, 2.45) is 0 Å². The van der Waals surface area contributed by atoms with E-state index in [1.807, 2.05) is 61.5 Å². The summed E-state index contributed by atoms with van der Waals surface area (Å²) in [6.07, 6.45) is 1.03. The number of aryl methyl sites for hydroxylation is 1. The second-order valence-corrected chi connectivity index (χ2v) is 6.30. The van der Waals surface area contributed by atoms with Crippen molar-refractivity contribution < 1.29 is 18.7 Å². The van der Waals surface area contributed by atoms with Gasteiger partial charge in [0, 0.05) is 22.6 Å². The Labute approximate surface area is 156 Å². The average molecular weight is 361 g/mol. The fourth-order valence-corrected chi connectivity index (χ4v) is 2.78. The van der Waals surface area contributed by atoms with Crippen LogP contribution in [-0.4, -0.2) is 10.1 Å². The smallest absolute Gasteiger partial charge is 0.226 e. The number of hydrogen-bond acceptors (Lipinski definition) is 5. The standard InChI is InChI=1S/C22H19NO4/c1-14(12-24)20-10-17-8-9-18(11-21(17)27-20)25-13-19-15(2)26-22(23-19)16-6-4-3-5-7-16/h3-12,24H,13H2,1-2H3. The lowest BCUT2D eigenvalue weighted by Crippen LogP contribution is -1.97. The summed E-state index contributed by atoms with van der Waals surface area (Å²) < 4.78 is 17.4. The van der Waals surface area contributed by atoms with Gasteiger partial charge in [0.2, 0.25) is 5.89 Å². The molecule has 0 unspecified atom stereocenters. The molecule has 5 heteroatoms. The van der Waals surface area contributed by atoms with Crippen LogP contribution in [0.3, 0.4) is 0 Å². The van der Waals surface area contributed by atoms with Crippen molar-refractivity contribution in [2.45, 2.75) is 20.5 Å². The molecule has 5 nitrogen and oxygen atoms in total. The number of ether oxygens (including phenoxy) is 1. The monoisotopic (exact) mass is 361 g/mol. The molecule has 0 aliphatic carbocycles. The molecule has 0 atom stereocenters. The van der Waals surface area contributed by atoms with Crippen molar-refractivity contribution in [2.75, 3.05) is 0 Å². The second kappa shape index (κ2) is 7.03. The number of aliphatic hydroxyl groups excluding tert-OH is 1. The number of aliphatic hydroxyl groups is 1. The lowest BCUT2D eigenvalue weighted by molar-refractivity contribution is 0.299. The maximum Gasteiger partial charge on any atom is 0.226 e. The third-order valence-electron chi connectivity index (χ3n) is 4.36. The van der Waals surface area contributed by atoms with E-state index >= 15 is 0 Å². The lowest BCUT2D eigenvalue weighted by Gasteiger charge is -2.04. The summed E-state index contributed by atoms with van der Waals surface area (Å²) >= 11 is 0. The molecule has 136 valence electrons. The number of oxazole rings is 1. The van der Waals surface area contributed by atoms with E-state index in [-0.39, 0.29) is 0 Å². The molecule has 0 saturated carbocycles. The highest BCUT2D eigenvalue weighted by atomic mass is 16.5. The second-order valence-electron chi connectivity index (χ2n) is 6.30. The molecule has 4 rings (SSSR count). The van der Waals surface area contributed by atoms with Gasteiger partial charge in [-0.15, -0.1) is 0 Å². The van der Waals surface area contributed by atoms with Crippen LogP contribution in [0.5, 0.6) is 5.75 Å². The third-order valence-corrected chi connectivity index (χ3v) is 4.36. The Balaban J connectivity index is 1.52. The fraction of sp³-hybridized carbons (Fsp3) is 0.136. The predicted octanol–water partition coefficient (Wildman–Crippen LogP) is 5.89. The first-order valence-electron chi connectivity index (χ1n) is 8.63. The maximum absolute atomic E-state index is 9.13. The topological polar surface area (TPSA) is 68.6 Å². The number of nitrogens with zero attached hydrogens (tertiary/aromatic N) is 1. The molecular formula is C22H19NO4. The van der Waals surface area contributed by atoms with Gasteiger partial charge in [-0.2, -0.15) is 0 Å². The zero-order valence-corrected chi connectivity index (χ0v) is 15.1. The van der Waals surface area contributed by atoms with Crippen LogP contribution >= 0.6 is 0 Å². The Morgan fingerprint density at radius 2 is 1.93 bits per heavy atom. The fourth-order valence-electron chi connectivity index (χ4n) is 2.78. The van der Waals surface area contributed by atoms with E-state index < -0.39 is 0 Å². The van der Waals surface area contributed by atoms with Gasteiger partial charge in [0.1, 0.15) is 35.2 Å². The summed E-state index contributed by atoms with van der Waals surface area (Å²) in [6.45, 7) is 3.97. The first-order valence-corrected chi connectivity index (χ1v) is 8.63. The summed E-state index contributed by atoms with van der Waals surface area (Å²) in [7, 11) is 0. The van der Waals surface area contributed by atoms with Crippen molar-refractivity contribution in [3.8, 4) is 17.2 Å². The predicted molar refractivity (Wildman–Crippen MR) is 104 cm³/mol. The molecule has 2 aromatic heterocycles. The Morgan fingerprint density at radius 3 is 2.70 bits per heavy atom. The minimum absolute atomic E-state index is 0.302. The van der Waals surface area contributed by atoms with Gasteiger partial charge in [-0.05, 0) is 44.2 Å². The van der Waals surface area contributed by atoms with E-state index in [9.17, 15) is 0 Å². The number of furan rings is 1. The highest BCUT2D eigenvalue weighted by Crippen LogP contribution is 2.28. The number of fused-ring (bicyclic) bond motifs is 1. The van der Waals surface area contributed by atoms with Gasteiger partial charge in [0.25, 0.3) is 0 Å². The average Bonchev–Trinajstić information content (AvgIpc) is 3.29. The number of allylic oxidation sites excluding steroid dienone is 1. The van der Waals surface area contributed by atoms with E-state index in [2.05, 4.69) is 4.98 Å². The highest BCUT2D eigenvalue weighted by molar-refractivity contribution is 5.82. The van der Waals surface area contributed by atoms with Crippen molar-refractivity contribution in [3.63, 3.8) is 0 Å². The normalized spacial score (nSPS) is 11.9. The van der Waals surface area contributed by atoms with Crippen LogP contribution in [0.15, 0.2) is 69.7 Å². The van der Waals surface area contributed by atoms with Crippen LogP contribution < -0.4 is 4.74 Å². The Bertz CT molecular complexity index is 1110.